The highest BCUT2D eigenvalue weighted by Crippen LogP contribution is 2.32. The van der Waals surface area contributed by atoms with Gasteiger partial charge in [0.25, 0.3) is 0 Å². The Morgan fingerprint density at radius 2 is 2.22 bits per heavy atom. The molecule has 0 saturated heterocycles. The van der Waals surface area contributed by atoms with Crippen molar-refractivity contribution in [2.45, 2.75) is 6.42 Å². The molecule has 0 bridgehead atoms. The van der Waals surface area contributed by atoms with E-state index in [4.69, 9.17) is 11.0 Å². The number of carbonyl (C=O) groups is 1. The van der Waals surface area contributed by atoms with Gasteiger partial charge in [0, 0.05) is 33.1 Å². The van der Waals surface area contributed by atoms with Crippen molar-refractivity contribution in [1.82, 2.24) is 0 Å². The van der Waals surface area contributed by atoms with E-state index >= 15 is 0 Å². The zero-order chi connectivity index (χ0) is 13.1. The molecule has 0 aromatic heterocycles. The minimum atomic E-state index is 0.0838. The van der Waals surface area contributed by atoms with Gasteiger partial charge < -0.3 is 15.5 Å². The minimum absolute atomic E-state index is 0.0838. The zero-order valence-electron chi connectivity index (χ0n) is 10.4. The molecule has 2 N–H and O–H groups in total. The van der Waals surface area contributed by atoms with Crippen molar-refractivity contribution in [1.29, 1.82) is 5.26 Å². The van der Waals surface area contributed by atoms with Gasteiger partial charge >= 0.3 is 0 Å². The van der Waals surface area contributed by atoms with E-state index in [1.54, 1.807) is 18.0 Å². The lowest BCUT2D eigenvalue weighted by Crippen LogP contribution is -2.30. The first kappa shape index (κ1) is 12.4. The Morgan fingerprint density at radius 1 is 1.44 bits per heavy atom. The van der Waals surface area contributed by atoms with Gasteiger partial charge in [-0.3, -0.25) is 4.79 Å². The predicted molar refractivity (Wildman–Crippen MR) is 70.5 cm³/mol. The van der Waals surface area contributed by atoms with E-state index in [9.17, 15) is 4.79 Å². The van der Waals surface area contributed by atoms with Crippen LogP contribution in [0.4, 0.5) is 11.4 Å². The highest BCUT2D eigenvalue weighted by atomic mass is 16.2. The Labute approximate surface area is 106 Å². The fourth-order valence-corrected chi connectivity index (χ4v) is 2.17. The average molecular weight is 244 g/mol. The van der Waals surface area contributed by atoms with Crippen LogP contribution in [0.2, 0.25) is 0 Å². The van der Waals surface area contributed by atoms with Crippen LogP contribution in [0.5, 0.6) is 0 Å². The SMILES string of the molecule is CN1C(=O)CCN(CCN)c2cc(C#N)ccc21. The third kappa shape index (κ3) is 2.15. The van der Waals surface area contributed by atoms with Crippen molar-refractivity contribution in [3.05, 3.63) is 23.8 Å². The highest BCUT2D eigenvalue weighted by molar-refractivity contribution is 5.98. The lowest BCUT2D eigenvalue weighted by Gasteiger charge is -2.24. The van der Waals surface area contributed by atoms with Crippen LogP contribution in [0.1, 0.15) is 12.0 Å². The average Bonchev–Trinajstić information content (AvgIpc) is 2.51. The summed E-state index contributed by atoms with van der Waals surface area (Å²) in [4.78, 5) is 15.6. The summed E-state index contributed by atoms with van der Waals surface area (Å²) in [6, 6.07) is 7.50. The molecule has 0 atom stereocenters. The summed E-state index contributed by atoms with van der Waals surface area (Å²) >= 11 is 0. The van der Waals surface area contributed by atoms with Gasteiger partial charge in [0.1, 0.15) is 0 Å². The normalized spacial score (nSPS) is 15.1. The molecule has 0 aliphatic carbocycles. The van der Waals surface area contributed by atoms with Crippen LogP contribution in [0.25, 0.3) is 0 Å². The molecule has 1 aromatic rings. The number of nitriles is 1. The number of benzene rings is 1. The topological polar surface area (TPSA) is 73.4 Å². The Bertz CT molecular complexity index is 506. The molecule has 5 nitrogen and oxygen atoms in total. The third-order valence-electron chi connectivity index (χ3n) is 3.18. The number of anilines is 2. The molecule has 94 valence electrons. The lowest BCUT2D eigenvalue weighted by molar-refractivity contribution is -0.118. The van der Waals surface area contributed by atoms with E-state index in [1.807, 2.05) is 12.1 Å². The van der Waals surface area contributed by atoms with Gasteiger partial charge in [-0.1, -0.05) is 0 Å². The first-order chi connectivity index (χ1) is 8.67. The summed E-state index contributed by atoms with van der Waals surface area (Å²) in [6.07, 6.45) is 0.465. The van der Waals surface area contributed by atoms with E-state index in [0.29, 0.717) is 31.6 Å². The second-order valence-electron chi connectivity index (χ2n) is 4.29. The standard InChI is InChI=1S/C13H16N4O/c1-16-11-3-2-10(9-15)8-12(11)17(7-5-14)6-4-13(16)18/h2-3,8H,4-7,14H2,1H3. The number of nitrogens with two attached hydrogens (primary N) is 1. The second kappa shape index (κ2) is 5.07. The molecular weight excluding hydrogens is 228 g/mol. The molecule has 0 spiro atoms. The van der Waals surface area contributed by atoms with Crippen molar-refractivity contribution < 1.29 is 4.79 Å². The number of nitrogens with zero attached hydrogens (tertiary/aromatic N) is 3. The summed E-state index contributed by atoms with van der Waals surface area (Å²) in [7, 11) is 1.76. The minimum Gasteiger partial charge on any atom is -0.368 e. The Hall–Kier alpha value is -2.06. The first-order valence-corrected chi connectivity index (χ1v) is 5.93. The van der Waals surface area contributed by atoms with E-state index in [0.717, 1.165) is 11.4 Å². The Balaban J connectivity index is 2.51. The van der Waals surface area contributed by atoms with Crippen molar-refractivity contribution in [2.24, 2.45) is 5.73 Å². The van der Waals surface area contributed by atoms with Crippen LogP contribution < -0.4 is 15.5 Å². The van der Waals surface area contributed by atoms with Gasteiger partial charge in [-0.25, -0.2) is 0 Å². The van der Waals surface area contributed by atoms with E-state index < -0.39 is 0 Å². The second-order valence-corrected chi connectivity index (χ2v) is 4.29. The van der Waals surface area contributed by atoms with Gasteiger partial charge in [0.2, 0.25) is 5.91 Å². The van der Waals surface area contributed by atoms with Gasteiger partial charge in [-0.2, -0.15) is 5.26 Å². The van der Waals surface area contributed by atoms with Crippen LogP contribution in [-0.4, -0.2) is 32.6 Å². The number of hydrogen-bond acceptors (Lipinski definition) is 4. The fourth-order valence-electron chi connectivity index (χ4n) is 2.17. The first-order valence-electron chi connectivity index (χ1n) is 5.93. The highest BCUT2D eigenvalue weighted by Gasteiger charge is 2.23. The maximum absolute atomic E-state index is 11.9. The van der Waals surface area contributed by atoms with Crippen LogP contribution in [0.3, 0.4) is 0 Å². The molecule has 0 saturated carbocycles. The number of carbonyl (C=O) groups excluding carboxylic acids is 1. The molecule has 1 aliphatic heterocycles. The number of hydrogen-bond donors (Lipinski definition) is 1. The monoisotopic (exact) mass is 244 g/mol. The van der Waals surface area contributed by atoms with Crippen LogP contribution in [0.15, 0.2) is 18.2 Å². The van der Waals surface area contributed by atoms with Crippen molar-refractivity contribution in [3.63, 3.8) is 0 Å². The van der Waals surface area contributed by atoms with E-state index in [1.165, 1.54) is 0 Å². The van der Waals surface area contributed by atoms with Gasteiger partial charge in [-0.05, 0) is 18.2 Å². The fraction of sp³-hybridized carbons (Fsp3) is 0.385. The third-order valence-corrected chi connectivity index (χ3v) is 3.18. The Morgan fingerprint density at radius 3 is 2.89 bits per heavy atom. The lowest BCUT2D eigenvalue weighted by atomic mass is 10.1. The molecule has 0 unspecified atom stereocenters. The number of amides is 1. The van der Waals surface area contributed by atoms with E-state index in [2.05, 4.69) is 11.0 Å². The molecule has 1 heterocycles. The molecule has 1 aromatic carbocycles. The zero-order valence-corrected chi connectivity index (χ0v) is 10.4. The molecule has 18 heavy (non-hydrogen) atoms. The van der Waals surface area contributed by atoms with Crippen molar-refractivity contribution in [3.8, 4) is 6.07 Å². The maximum Gasteiger partial charge on any atom is 0.228 e. The maximum atomic E-state index is 11.9. The van der Waals surface area contributed by atoms with Crippen molar-refractivity contribution >= 4 is 17.3 Å². The largest absolute Gasteiger partial charge is 0.368 e. The summed E-state index contributed by atoms with van der Waals surface area (Å²) in [5.41, 5.74) is 7.95. The molecular formula is C13H16N4O. The molecule has 0 radical (unpaired) electrons. The number of rotatable bonds is 2. The molecule has 0 fully saturated rings. The van der Waals surface area contributed by atoms with Crippen molar-refractivity contribution in [2.75, 3.05) is 36.5 Å². The predicted octanol–water partition coefficient (Wildman–Crippen LogP) is 0.690. The van der Waals surface area contributed by atoms with Gasteiger partial charge in [0.15, 0.2) is 0 Å². The summed E-state index contributed by atoms with van der Waals surface area (Å²) in [5, 5.41) is 8.97. The summed E-state index contributed by atoms with van der Waals surface area (Å²) in [5.74, 6) is 0.0838. The van der Waals surface area contributed by atoms with Gasteiger partial charge in [0.05, 0.1) is 23.0 Å². The molecule has 1 aliphatic rings. The summed E-state index contributed by atoms with van der Waals surface area (Å²) in [6.45, 7) is 1.85. The van der Waals surface area contributed by atoms with Gasteiger partial charge in [-0.15, -0.1) is 0 Å². The molecule has 1 amide bonds. The number of fused-ring (bicyclic) bond motifs is 1. The summed E-state index contributed by atoms with van der Waals surface area (Å²) < 4.78 is 0. The van der Waals surface area contributed by atoms with E-state index in [-0.39, 0.29) is 5.91 Å². The quantitative estimate of drug-likeness (QED) is 0.830. The van der Waals surface area contributed by atoms with Crippen LogP contribution in [0, 0.1) is 11.3 Å². The molecule has 5 heteroatoms. The van der Waals surface area contributed by atoms with Crippen LogP contribution in [-0.2, 0) is 4.79 Å². The Kier molecular flexibility index (Phi) is 3.49. The molecule has 2 rings (SSSR count). The van der Waals surface area contributed by atoms with Crippen LogP contribution >= 0.6 is 0 Å². The smallest absolute Gasteiger partial charge is 0.228 e.